The lowest BCUT2D eigenvalue weighted by Crippen LogP contribution is -2.47. The highest BCUT2D eigenvalue weighted by atomic mass is 32.2. The van der Waals surface area contributed by atoms with Gasteiger partial charge in [0.05, 0.1) is 17.7 Å². The van der Waals surface area contributed by atoms with Crippen LogP contribution >= 0.6 is 0 Å². The normalized spacial score (nSPS) is 38.0. The molecule has 0 radical (unpaired) electrons. The molecule has 6 heteroatoms. The number of amides is 1. The van der Waals surface area contributed by atoms with Crippen LogP contribution in [-0.4, -0.2) is 36.2 Å². The number of rotatable bonds is 4. The summed E-state index contributed by atoms with van der Waals surface area (Å²) in [5.41, 5.74) is -0.394. The van der Waals surface area contributed by atoms with E-state index in [9.17, 15) is 18.0 Å². The molecule has 136 valence electrons. The SMILES string of the molecule is CC[C@H](C)C(=O)[C@@H](C)C(=O)N1C2CC3CCC2(CS1(=O)=O)C3(C)C. The number of hydrogen-bond donors (Lipinski definition) is 0. The van der Waals surface area contributed by atoms with Gasteiger partial charge in [-0.3, -0.25) is 9.59 Å². The average Bonchev–Trinajstić information content (AvgIpc) is 2.99. The van der Waals surface area contributed by atoms with E-state index in [4.69, 9.17) is 0 Å². The van der Waals surface area contributed by atoms with Crippen molar-refractivity contribution in [3.05, 3.63) is 0 Å². The summed E-state index contributed by atoms with van der Waals surface area (Å²) in [6.07, 6.45) is 3.32. The lowest BCUT2D eigenvalue weighted by atomic mass is 9.69. The molecule has 0 aromatic heterocycles. The van der Waals surface area contributed by atoms with Crippen LogP contribution in [0, 0.1) is 28.6 Å². The quantitative estimate of drug-likeness (QED) is 0.727. The molecule has 1 heterocycles. The Morgan fingerprint density at radius 1 is 1.25 bits per heavy atom. The third-order valence-electron chi connectivity index (χ3n) is 7.52. The number of ketones is 1. The van der Waals surface area contributed by atoms with Gasteiger partial charge in [-0.1, -0.05) is 27.7 Å². The molecule has 1 aliphatic heterocycles. The molecule has 2 aliphatic carbocycles. The van der Waals surface area contributed by atoms with Crippen LogP contribution in [0.1, 0.15) is 60.3 Å². The molecule has 0 aromatic carbocycles. The van der Waals surface area contributed by atoms with Crippen LogP contribution in [0.15, 0.2) is 0 Å². The average molecular weight is 356 g/mol. The molecule has 0 N–H and O–H groups in total. The van der Waals surface area contributed by atoms with Gasteiger partial charge in [-0.25, -0.2) is 12.7 Å². The van der Waals surface area contributed by atoms with E-state index in [1.165, 1.54) is 0 Å². The molecular weight excluding hydrogens is 326 g/mol. The monoisotopic (exact) mass is 355 g/mol. The fraction of sp³-hybridized carbons (Fsp3) is 0.889. The molecule has 1 amide bonds. The third-order valence-corrected chi connectivity index (χ3v) is 9.44. The Morgan fingerprint density at radius 2 is 1.88 bits per heavy atom. The first-order valence-electron chi connectivity index (χ1n) is 9.09. The maximum Gasteiger partial charge on any atom is 0.246 e. The van der Waals surface area contributed by atoms with Crippen LogP contribution in [0.5, 0.6) is 0 Å². The molecule has 2 bridgehead atoms. The van der Waals surface area contributed by atoms with E-state index in [0.717, 1.165) is 23.6 Å². The van der Waals surface area contributed by atoms with Gasteiger partial charge < -0.3 is 0 Å². The van der Waals surface area contributed by atoms with Crippen molar-refractivity contribution >= 4 is 21.7 Å². The fourth-order valence-corrected chi connectivity index (χ4v) is 8.13. The number of nitrogens with zero attached hydrogens (tertiary/aromatic N) is 1. The lowest BCUT2D eigenvalue weighted by Gasteiger charge is -2.37. The Hall–Kier alpha value is -0.910. The Kier molecular flexibility index (Phi) is 3.95. The number of carbonyl (C=O) groups is 2. The van der Waals surface area contributed by atoms with E-state index < -0.39 is 21.8 Å². The number of Topliss-reactive ketones (excluding diaryl/α,β-unsaturated/α-hetero) is 1. The first-order chi connectivity index (χ1) is 11.0. The van der Waals surface area contributed by atoms with Gasteiger partial charge in [-0.15, -0.1) is 0 Å². The van der Waals surface area contributed by atoms with Crippen molar-refractivity contribution in [3.63, 3.8) is 0 Å². The molecular formula is C18H29NO4S. The van der Waals surface area contributed by atoms with E-state index in [1.54, 1.807) is 13.8 Å². The molecule has 3 fully saturated rings. The maximum absolute atomic E-state index is 13.0. The van der Waals surface area contributed by atoms with Crippen molar-refractivity contribution < 1.29 is 18.0 Å². The number of fused-ring (bicyclic) bond motifs is 1. The molecule has 1 saturated heterocycles. The summed E-state index contributed by atoms with van der Waals surface area (Å²) < 4.78 is 26.8. The summed E-state index contributed by atoms with van der Waals surface area (Å²) in [6.45, 7) is 9.58. The van der Waals surface area contributed by atoms with Crippen LogP contribution in [0.25, 0.3) is 0 Å². The minimum atomic E-state index is -3.64. The zero-order valence-electron chi connectivity index (χ0n) is 15.3. The summed E-state index contributed by atoms with van der Waals surface area (Å²) in [5, 5.41) is 0. The van der Waals surface area contributed by atoms with Crippen molar-refractivity contribution in [1.82, 2.24) is 4.31 Å². The number of carbonyl (C=O) groups excluding carboxylic acids is 2. The van der Waals surface area contributed by atoms with Crippen molar-refractivity contribution in [2.45, 2.75) is 66.3 Å². The van der Waals surface area contributed by atoms with Crippen LogP contribution < -0.4 is 0 Å². The maximum atomic E-state index is 13.0. The molecule has 1 spiro atoms. The summed E-state index contributed by atoms with van der Waals surface area (Å²) in [5.74, 6) is -1.24. The molecule has 5 atom stereocenters. The third kappa shape index (κ3) is 2.07. The Labute approximate surface area is 145 Å². The molecule has 24 heavy (non-hydrogen) atoms. The second kappa shape index (κ2) is 5.29. The lowest BCUT2D eigenvalue weighted by molar-refractivity contribution is -0.140. The summed E-state index contributed by atoms with van der Waals surface area (Å²) in [4.78, 5) is 25.4. The van der Waals surface area contributed by atoms with Gasteiger partial charge >= 0.3 is 0 Å². The van der Waals surface area contributed by atoms with Gasteiger partial charge in [0, 0.05) is 11.3 Å². The zero-order valence-corrected chi connectivity index (χ0v) is 16.1. The fourth-order valence-electron chi connectivity index (χ4n) is 5.52. The zero-order chi connectivity index (χ0) is 18.1. The summed E-state index contributed by atoms with van der Waals surface area (Å²) in [6, 6.07) is -0.254. The molecule has 3 aliphatic rings. The van der Waals surface area contributed by atoms with Crippen LogP contribution in [0.2, 0.25) is 0 Å². The molecule has 5 nitrogen and oxygen atoms in total. The van der Waals surface area contributed by atoms with E-state index >= 15 is 0 Å². The Morgan fingerprint density at radius 3 is 2.42 bits per heavy atom. The van der Waals surface area contributed by atoms with Gasteiger partial charge in [-0.2, -0.15) is 0 Å². The molecule has 2 saturated carbocycles. The Balaban J connectivity index is 1.95. The van der Waals surface area contributed by atoms with Gasteiger partial charge in [0.15, 0.2) is 0 Å². The highest BCUT2D eigenvalue weighted by molar-refractivity contribution is 7.90. The standard InChI is InChI=1S/C18H29NO4S/c1-6-11(2)15(20)12(3)16(21)19-14-9-13-7-8-18(14,17(13,4)5)10-24(19,22)23/h11-14H,6-10H2,1-5H3/t11-,12+,13?,14?,18?/m0/s1. The largest absolute Gasteiger partial charge is 0.299 e. The second-order valence-corrected chi connectivity index (χ2v) is 10.5. The summed E-state index contributed by atoms with van der Waals surface area (Å²) in [7, 11) is -3.64. The van der Waals surface area contributed by atoms with Gasteiger partial charge in [0.1, 0.15) is 5.78 Å². The summed E-state index contributed by atoms with van der Waals surface area (Å²) >= 11 is 0. The van der Waals surface area contributed by atoms with Gasteiger partial charge in [-0.05, 0) is 43.9 Å². The Bertz CT molecular complexity index is 683. The van der Waals surface area contributed by atoms with E-state index in [0.29, 0.717) is 12.3 Å². The van der Waals surface area contributed by atoms with Crippen molar-refractivity contribution in [3.8, 4) is 0 Å². The highest BCUT2D eigenvalue weighted by Crippen LogP contribution is 2.70. The minimum absolute atomic E-state index is 0.0597. The first-order valence-corrected chi connectivity index (χ1v) is 10.7. The van der Waals surface area contributed by atoms with E-state index in [-0.39, 0.29) is 34.3 Å². The smallest absolute Gasteiger partial charge is 0.246 e. The van der Waals surface area contributed by atoms with Crippen LogP contribution in [0.3, 0.4) is 0 Å². The van der Waals surface area contributed by atoms with Crippen molar-refractivity contribution in [1.29, 1.82) is 0 Å². The van der Waals surface area contributed by atoms with Crippen LogP contribution in [0.4, 0.5) is 0 Å². The first kappa shape index (κ1) is 17.9. The minimum Gasteiger partial charge on any atom is -0.299 e. The van der Waals surface area contributed by atoms with Crippen molar-refractivity contribution in [2.24, 2.45) is 28.6 Å². The van der Waals surface area contributed by atoms with E-state index in [2.05, 4.69) is 13.8 Å². The predicted octanol–water partition coefficient (Wildman–Crippen LogP) is 2.60. The molecule has 3 rings (SSSR count). The molecule has 0 aromatic rings. The number of hydrogen-bond acceptors (Lipinski definition) is 4. The molecule has 3 unspecified atom stereocenters. The van der Waals surface area contributed by atoms with Gasteiger partial charge in [0.2, 0.25) is 15.9 Å². The predicted molar refractivity (Wildman–Crippen MR) is 91.6 cm³/mol. The van der Waals surface area contributed by atoms with Gasteiger partial charge in [0.25, 0.3) is 0 Å². The second-order valence-electron chi connectivity index (χ2n) is 8.69. The number of sulfonamides is 1. The van der Waals surface area contributed by atoms with Crippen LogP contribution in [-0.2, 0) is 19.6 Å². The van der Waals surface area contributed by atoms with Crippen molar-refractivity contribution in [2.75, 3.05) is 5.75 Å². The van der Waals surface area contributed by atoms with E-state index in [1.807, 2.05) is 6.92 Å². The topological polar surface area (TPSA) is 71.5 Å². The highest BCUT2D eigenvalue weighted by Gasteiger charge is 2.72.